The quantitative estimate of drug-likeness (QED) is 0.602. The Morgan fingerprint density at radius 1 is 1.14 bits per heavy atom. The molecular formula is C25H27FN6O3. The summed E-state index contributed by atoms with van der Waals surface area (Å²) >= 11 is 0. The first-order chi connectivity index (χ1) is 17.0. The molecule has 2 fully saturated rings. The molecule has 1 saturated carbocycles. The van der Waals surface area contributed by atoms with E-state index in [2.05, 4.69) is 20.8 Å². The lowest BCUT2D eigenvalue weighted by Gasteiger charge is -2.34. The van der Waals surface area contributed by atoms with Gasteiger partial charge in [0, 0.05) is 11.7 Å². The Morgan fingerprint density at radius 3 is 2.71 bits per heavy atom. The van der Waals surface area contributed by atoms with Gasteiger partial charge < -0.3 is 15.0 Å². The molecule has 1 aromatic heterocycles. The second-order valence-corrected chi connectivity index (χ2v) is 9.07. The van der Waals surface area contributed by atoms with Crippen molar-refractivity contribution in [3.8, 4) is 11.4 Å². The van der Waals surface area contributed by atoms with E-state index >= 15 is 0 Å². The number of fused-ring (bicyclic) bond motifs is 1. The van der Waals surface area contributed by atoms with Crippen LogP contribution in [0.15, 0.2) is 42.5 Å². The lowest BCUT2D eigenvalue weighted by Crippen LogP contribution is -2.48. The molecular weight excluding hydrogens is 451 g/mol. The highest BCUT2D eigenvalue weighted by molar-refractivity contribution is 6.03. The van der Waals surface area contributed by atoms with Crippen LogP contribution in [-0.4, -0.2) is 56.1 Å². The van der Waals surface area contributed by atoms with E-state index < -0.39 is 11.9 Å². The van der Waals surface area contributed by atoms with Crippen molar-refractivity contribution < 1.29 is 18.7 Å². The summed E-state index contributed by atoms with van der Waals surface area (Å²) in [4.78, 5) is 29.0. The number of hydrogen-bond donors (Lipinski definition) is 1. The standard InChI is InChI=1S/C25H27FN6O3/c1-15-28-29-30-32(15)21-14-17(11-12-19(21)26)27-24(33)22-13-16-7-3-5-9-20(16)31(22)25(34)18-8-4-6-10-23(18)35-2/h4,6,8,10-12,14,16,20,22H,3,5,7,9,13H2,1-2H3,(H,27,33). The Kier molecular flexibility index (Phi) is 6.19. The molecule has 2 aromatic carbocycles. The van der Waals surface area contributed by atoms with Crippen LogP contribution in [0.5, 0.6) is 5.75 Å². The smallest absolute Gasteiger partial charge is 0.258 e. The summed E-state index contributed by atoms with van der Waals surface area (Å²) < 4.78 is 21.2. The summed E-state index contributed by atoms with van der Waals surface area (Å²) in [6.45, 7) is 1.66. The van der Waals surface area contributed by atoms with E-state index in [1.54, 1.807) is 30.0 Å². The Morgan fingerprint density at radius 2 is 1.94 bits per heavy atom. The maximum Gasteiger partial charge on any atom is 0.258 e. The molecule has 2 aliphatic rings. The minimum atomic E-state index is -0.635. The number of amides is 2. The first-order valence-electron chi connectivity index (χ1n) is 11.8. The van der Waals surface area contributed by atoms with E-state index in [4.69, 9.17) is 4.74 Å². The van der Waals surface area contributed by atoms with Crippen LogP contribution in [0, 0.1) is 18.7 Å². The van der Waals surface area contributed by atoms with Crippen LogP contribution in [0.25, 0.3) is 5.69 Å². The molecule has 0 radical (unpaired) electrons. The summed E-state index contributed by atoms with van der Waals surface area (Å²) in [5, 5.41) is 14.1. The van der Waals surface area contributed by atoms with E-state index in [0.717, 1.165) is 25.7 Å². The maximum absolute atomic E-state index is 14.5. The summed E-state index contributed by atoms with van der Waals surface area (Å²) in [5.41, 5.74) is 0.977. The molecule has 35 heavy (non-hydrogen) atoms. The van der Waals surface area contributed by atoms with Gasteiger partial charge in [-0.1, -0.05) is 25.0 Å². The van der Waals surface area contributed by atoms with Crippen molar-refractivity contribution in [1.29, 1.82) is 0 Å². The van der Waals surface area contributed by atoms with Crippen molar-refractivity contribution in [1.82, 2.24) is 25.1 Å². The zero-order valence-electron chi connectivity index (χ0n) is 19.6. The number of rotatable bonds is 5. The number of nitrogens with one attached hydrogen (secondary N) is 1. The third kappa shape index (κ3) is 4.24. The Hall–Kier alpha value is -3.82. The molecule has 1 N–H and O–H groups in total. The van der Waals surface area contributed by atoms with Crippen LogP contribution in [0.3, 0.4) is 0 Å². The van der Waals surface area contributed by atoms with Gasteiger partial charge in [0.25, 0.3) is 5.91 Å². The lowest BCUT2D eigenvalue weighted by molar-refractivity contribution is -0.120. The minimum Gasteiger partial charge on any atom is -0.496 e. The van der Waals surface area contributed by atoms with Crippen LogP contribution in [0.4, 0.5) is 10.1 Å². The van der Waals surface area contributed by atoms with Crippen molar-refractivity contribution in [2.75, 3.05) is 12.4 Å². The van der Waals surface area contributed by atoms with Crippen LogP contribution in [0.1, 0.15) is 48.3 Å². The molecule has 9 nitrogen and oxygen atoms in total. The topological polar surface area (TPSA) is 102 Å². The number of carbonyl (C=O) groups excluding carboxylic acids is 2. The fourth-order valence-electron chi connectivity index (χ4n) is 5.38. The molecule has 0 spiro atoms. The maximum atomic E-state index is 14.5. The second kappa shape index (κ2) is 9.44. The molecule has 1 aliphatic heterocycles. The number of benzene rings is 2. The Bertz CT molecular complexity index is 1260. The number of para-hydroxylation sites is 1. The summed E-state index contributed by atoms with van der Waals surface area (Å²) in [6.07, 6.45) is 4.58. The molecule has 1 aliphatic carbocycles. The fraction of sp³-hybridized carbons (Fsp3) is 0.400. The first-order valence-corrected chi connectivity index (χ1v) is 11.8. The van der Waals surface area contributed by atoms with Gasteiger partial charge in [0.2, 0.25) is 5.91 Å². The number of nitrogens with zero attached hydrogens (tertiary/aromatic N) is 5. The zero-order valence-corrected chi connectivity index (χ0v) is 19.6. The number of hydrogen-bond acceptors (Lipinski definition) is 6. The molecule has 3 atom stereocenters. The van der Waals surface area contributed by atoms with Crippen molar-refractivity contribution in [2.24, 2.45) is 5.92 Å². The third-order valence-corrected chi connectivity index (χ3v) is 7.03. The van der Waals surface area contributed by atoms with Gasteiger partial charge in [0.05, 0.1) is 12.7 Å². The number of aryl methyl sites for hydroxylation is 1. The van der Waals surface area contributed by atoms with E-state index in [0.29, 0.717) is 29.2 Å². The van der Waals surface area contributed by atoms with Crippen molar-refractivity contribution >= 4 is 17.5 Å². The first kappa shape index (κ1) is 22.9. The number of halogens is 1. The van der Waals surface area contributed by atoms with Gasteiger partial charge in [-0.2, -0.15) is 4.68 Å². The average molecular weight is 479 g/mol. The van der Waals surface area contributed by atoms with Gasteiger partial charge in [0.15, 0.2) is 5.82 Å². The second-order valence-electron chi connectivity index (χ2n) is 9.07. The number of aromatic nitrogens is 4. The number of ether oxygens (including phenoxy) is 1. The third-order valence-electron chi connectivity index (χ3n) is 7.03. The molecule has 2 amide bonds. The van der Waals surface area contributed by atoms with Gasteiger partial charge in [-0.15, -0.1) is 5.10 Å². The van der Waals surface area contributed by atoms with E-state index in [1.165, 1.54) is 30.0 Å². The molecule has 2 heterocycles. The van der Waals surface area contributed by atoms with Crippen molar-refractivity contribution in [3.05, 3.63) is 59.7 Å². The van der Waals surface area contributed by atoms with E-state index in [1.807, 2.05) is 6.07 Å². The van der Waals surface area contributed by atoms with Gasteiger partial charge in [0.1, 0.15) is 23.3 Å². The zero-order chi connectivity index (χ0) is 24.5. The normalized spacial score (nSPS) is 21.5. The highest BCUT2D eigenvalue weighted by atomic mass is 19.1. The van der Waals surface area contributed by atoms with Crippen molar-refractivity contribution in [3.63, 3.8) is 0 Å². The minimum absolute atomic E-state index is 0.00423. The van der Waals surface area contributed by atoms with E-state index in [9.17, 15) is 14.0 Å². The lowest BCUT2D eigenvalue weighted by atomic mass is 9.84. The number of methoxy groups -OCH3 is 1. The fourth-order valence-corrected chi connectivity index (χ4v) is 5.38. The molecule has 1 saturated heterocycles. The average Bonchev–Trinajstić information content (AvgIpc) is 3.48. The van der Waals surface area contributed by atoms with Crippen molar-refractivity contribution in [2.45, 2.75) is 51.1 Å². The Labute approximate surface area is 202 Å². The van der Waals surface area contributed by atoms with Gasteiger partial charge >= 0.3 is 0 Å². The number of carbonyl (C=O) groups is 2. The summed E-state index contributed by atoms with van der Waals surface area (Å²) in [6, 6.07) is 10.7. The highest BCUT2D eigenvalue weighted by Gasteiger charge is 2.48. The molecule has 0 bridgehead atoms. The predicted molar refractivity (Wildman–Crippen MR) is 126 cm³/mol. The number of tetrazole rings is 1. The predicted octanol–water partition coefficient (Wildman–Crippen LogP) is 3.53. The summed E-state index contributed by atoms with van der Waals surface area (Å²) in [7, 11) is 1.53. The molecule has 5 rings (SSSR count). The summed E-state index contributed by atoms with van der Waals surface area (Å²) in [5.74, 6) is 0.149. The molecule has 3 unspecified atom stereocenters. The van der Waals surface area contributed by atoms with Crippen LogP contribution in [-0.2, 0) is 4.79 Å². The molecule has 3 aromatic rings. The van der Waals surface area contributed by atoms with Crippen LogP contribution < -0.4 is 10.1 Å². The van der Waals surface area contributed by atoms with Gasteiger partial charge in [-0.05, 0) is 72.9 Å². The van der Waals surface area contributed by atoms with Gasteiger partial charge in [-0.3, -0.25) is 9.59 Å². The van der Waals surface area contributed by atoms with Crippen LogP contribution >= 0.6 is 0 Å². The van der Waals surface area contributed by atoms with Crippen LogP contribution in [0.2, 0.25) is 0 Å². The molecule has 182 valence electrons. The highest BCUT2D eigenvalue weighted by Crippen LogP contribution is 2.41. The molecule has 10 heteroatoms. The van der Waals surface area contributed by atoms with E-state index in [-0.39, 0.29) is 29.5 Å². The Balaban J connectivity index is 1.44. The monoisotopic (exact) mass is 478 g/mol. The van der Waals surface area contributed by atoms with Gasteiger partial charge in [-0.25, -0.2) is 4.39 Å². The largest absolute Gasteiger partial charge is 0.496 e. The number of anilines is 1. The SMILES string of the molecule is COc1ccccc1C(=O)N1C(C(=O)Nc2ccc(F)c(-n3nnnc3C)c2)CC2CCCCC21. The number of likely N-dealkylation sites (tertiary alicyclic amines) is 1.